The number of hydrogen-bond acceptors (Lipinski definition) is 5. The fraction of sp³-hybridized carbons (Fsp3) is 0.190. The van der Waals surface area contributed by atoms with Gasteiger partial charge in [-0.05, 0) is 23.3 Å². The van der Waals surface area contributed by atoms with Crippen LogP contribution in [-0.2, 0) is 24.1 Å². The molecular weight excluding hydrogens is 342 g/mol. The molecule has 1 atom stereocenters. The van der Waals surface area contributed by atoms with E-state index in [0.717, 1.165) is 17.0 Å². The zero-order chi connectivity index (χ0) is 18.6. The minimum atomic E-state index is -1.000. The molecule has 3 N–H and O–H groups in total. The highest BCUT2D eigenvalue weighted by atomic mass is 16.6. The van der Waals surface area contributed by atoms with Crippen LogP contribution in [0.4, 0.5) is 0 Å². The Morgan fingerprint density at radius 1 is 1.04 bits per heavy atom. The third-order valence-corrected chi connectivity index (χ3v) is 4.50. The van der Waals surface area contributed by atoms with Crippen LogP contribution in [0.1, 0.15) is 22.5 Å². The van der Waals surface area contributed by atoms with Crippen LogP contribution < -0.4 is 5.32 Å². The SMILES string of the molecule is Oc1cccc(Cn2cnc(Cc3ccccc3)c2CC2=CNC(O)O2)c1. The Bertz CT molecular complexity index is 950. The molecule has 27 heavy (non-hydrogen) atoms. The molecule has 1 aliphatic rings. The lowest BCUT2D eigenvalue weighted by Gasteiger charge is -2.12. The first-order chi connectivity index (χ1) is 13.2. The van der Waals surface area contributed by atoms with E-state index in [4.69, 9.17) is 4.74 Å². The number of aromatic nitrogens is 2. The fourth-order valence-electron chi connectivity index (χ4n) is 3.21. The number of hydrogen-bond donors (Lipinski definition) is 3. The molecule has 2 heterocycles. The van der Waals surface area contributed by atoms with E-state index in [2.05, 4.69) is 27.0 Å². The van der Waals surface area contributed by atoms with E-state index in [0.29, 0.717) is 25.1 Å². The topological polar surface area (TPSA) is 79.5 Å². The van der Waals surface area contributed by atoms with Crippen LogP contribution in [0.2, 0.25) is 0 Å². The number of rotatable bonds is 6. The molecule has 0 aliphatic carbocycles. The van der Waals surface area contributed by atoms with Crippen molar-refractivity contribution in [3.63, 3.8) is 0 Å². The summed E-state index contributed by atoms with van der Waals surface area (Å²) in [6.07, 6.45) is 3.73. The number of imidazole rings is 1. The standard InChI is InChI=1S/C21H21N3O3/c25-17-8-4-7-16(9-17)13-24-14-23-19(10-15-5-2-1-3-6-15)20(24)11-18-12-22-21(26)27-18/h1-9,12,14,21-22,25-26H,10-11,13H2. The molecule has 4 rings (SSSR count). The Hall–Kier alpha value is -3.25. The molecule has 1 aliphatic heterocycles. The average molecular weight is 363 g/mol. The highest BCUT2D eigenvalue weighted by Gasteiger charge is 2.19. The Morgan fingerprint density at radius 2 is 1.85 bits per heavy atom. The van der Waals surface area contributed by atoms with Gasteiger partial charge >= 0.3 is 0 Å². The van der Waals surface area contributed by atoms with Gasteiger partial charge in [-0.25, -0.2) is 4.98 Å². The first-order valence-corrected chi connectivity index (χ1v) is 8.82. The van der Waals surface area contributed by atoms with Gasteiger partial charge in [0.05, 0.1) is 12.0 Å². The predicted molar refractivity (Wildman–Crippen MR) is 101 cm³/mol. The van der Waals surface area contributed by atoms with Crippen LogP contribution in [0, 0.1) is 0 Å². The molecule has 0 bridgehead atoms. The zero-order valence-electron chi connectivity index (χ0n) is 14.7. The Balaban J connectivity index is 1.63. The van der Waals surface area contributed by atoms with E-state index in [1.807, 2.05) is 36.7 Å². The summed E-state index contributed by atoms with van der Waals surface area (Å²) in [5, 5.41) is 22.0. The Labute approximate surface area is 157 Å². The minimum absolute atomic E-state index is 0.243. The van der Waals surface area contributed by atoms with Crippen LogP contribution in [-0.4, -0.2) is 26.2 Å². The van der Waals surface area contributed by atoms with Crippen LogP contribution in [0.5, 0.6) is 5.75 Å². The maximum Gasteiger partial charge on any atom is 0.278 e. The maximum absolute atomic E-state index is 9.73. The predicted octanol–water partition coefficient (Wildman–Crippen LogP) is 2.51. The van der Waals surface area contributed by atoms with E-state index in [1.54, 1.807) is 18.3 Å². The summed E-state index contributed by atoms with van der Waals surface area (Å²) in [5.74, 6) is 0.905. The van der Waals surface area contributed by atoms with Crippen molar-refractivity contribution in [2.75, 3.05) is 0 Å². The van der Waals surface area contributed by atoms with Gasteiger partial charge < -0.3 is 24.8 Å². The molecule has 3 aromatic rings. The Kier molecular flexibility index (Phi) is 4.80. The van der Waals surface area contributed by atoms with Gasteiger partial charge in [0, 0.05) is 31.3 Å². The maximum atomic E-state index is 9.73. The summed E-state index contributed by atoms with van der Waals surface area (Å²) >= 11 is 0. The number of phenolic OH excluding ortho intramolecular Hbond substituents is 1. The van der Waals surface area contributed by atoms with Crippen LogP contribution in [0.15, 0.2) is 72.9 Å². The van der Waals surface area contributed by atoms with Crippen molar-refractivity contribution in [3.05, 3.63) is 95.4 Å². The van der Waals surface area contributed by atoms with Gasteiger partial charge in [0.2, 0.25) is 0 Å². The number of aromatic hydroxyl groups is 1. The third-order valence-electron chi connectivity index (χ3n) is 4.50. The lowest BCUT2D eigenvalue weighted by Crippen LogP contribution is -2.19. The number of ether oxygens (including phenoxy) is 1. The number of allylic oxidation sites excluding steroid dienone is 1. The second kappa shape index (κ2) is 7.55. The lowest BCUT2D eigenvalue weighted by molar-refractivity contribution is -0.0616. The highest BCUT2D eigenvalue weighted by Crippen LogP contribution is 2.21. The quantitative estimate of drug-likeness (QED) is 0.627. The smallest absolute Gasteiger partial charge is 0.278 e. The molecule has 0 saturated carbocycles. The average Bonchev–Trinajstić information content (AvgIpc) is 3.23. The summed E-state index contributed by atoms with van der Waals surface area (Å²) < 4.78 is 7.45. The van der Waals surface area contributed by atoms with Crippen molar-refractivity contribution in [1.82, 2.24) is 14.9 Å². The summed E-state index contributed by atoms with van der Waals surface area (Å²) in [7, 11) is 0. The molecule has 0 amide bonds. The molecule has 0 radical (unpaired) electrons. The van der Waals surface area contributed by atoms with Gasteiger partial charge in [-0.2, -0.15) is 0 Å². The molecule has 6 nitrogen and oxygen atoms in total. The number of benzene rings is 2. The number of nitrogens with zero attached hydrogens (tertiary/aromatic N) is 2. The van der Waals surface area contributed by atoms with Gasteiger partial charge in [-0.1, -0.05) is 42.5 Å². The van der Waals surface area contributed by atoms with E-state index in [1.165, 1.54) is 5.56 Å². The van der Waals surface area contributed by atoms with Crippen LogP contribution >= 0.6 is 0 Å². The molecule has 138 valence electrons. The van der Waals surface area contributed by atoms with E-state index >= 15 is 0 Å². The van der Waals surface area contributed by atoms with Crippen LogP contribution in [0.3, 0.4) is 0 Å². The Morgan fingerprint density at radius 3 is 2.59 bits per heavy atom. The number of aliphatic hydroxyl groups excluding tert-OH is 1. The zero-order valence-corrected chi connectivity index (χ0v) is 14.7. The second-order valence-corrected chi connectivity index (χ2v) is 6.52. The van der Waals surface area contributed by atoms with Gasteiger partial charge in [0.15, 0.2) is 0 Å². The van der Waals surface area contributed by atoms with Crippen LogP contribution in [0.25, 0.3) is 0 Å². The molecular formula is C21H21N3O3. The summed E-state index contributed by atoms with van der Waals surface area (Å²) in [6, 6.07) is 17.4. The first kappa shape index (κ1) is 17.2. The van der Waals surface area contributed by atoms with Crippen molar-refractivity contribution >= 4 is 0 Å². The molecule has 0 saturated heterocycles. The lowest BCUT2D eigenvalue weighted by atomic mass is 10.1. The van der Waals surface area contributed by atoms with Gasteiger partial charge in [0.1, 0.15) is 11.5 Å². The number of phenols is 1. The first-order valence-electron chi connectivity index (χ1n) is 8.82. The van der Waals surface area contributed by atoms with Gasteiger partial charge in [-0.15, -0.1) is 0 Å². The highest BCUT2D eigenvalue weighted by molar-refractivity contribution is 5.30. The largest absolute Gasteiger partial charge is 0.508 e. The van der Waals surface area contributed by atoms with Gasteiger partial charge in [-0.3, -0.25) is 0 Å². The van der Waals surface area contributed by atoms with Crippen molar-refractivity contribution < 1.29 is 14.9 Å². The van der Waals surface area contributed by atoms with Crippen molar-refractivity contribution in [1.29, 1.82) is 0 Å². The molecule has 1 unspecified atom stereocenters. The number of aliphatic hydroxyl groups is 1. The van der Waals surface area contributed by atoms with Gasteiger partial charge in [0.25, 0.3) is 6.41 Å². The monoisotopic (exact) mass is 363 g/mol. The van der Waals surface area contributed by atoms with Crippen molar-refractivity contribution in [3.8, 4) is 5.75 Å². The molecule has 1 aromatic heterocycles. The number of nitrogens with one attached hydrogen (secondary N) is 1. The summed E-state index contributed by atoms with van der Waals surface area (Å²) in [6.45, 7) is 0.592. The molecule has 2 aromatic carbocycles. The molecule has 0 spiro atoms. The summed E-state index contributed by atoms with van der Waals surface area (Å²) in [4.78, 5) is 4.63. The van der Waals surface area contributed by atoms with E-state index in [9.17, 15) is 10.2 Å². The molecule has 6 heteroatoms. The van der Waals surface area contributed by atoms with Crippen molar-refractivity contribution in [2.45, 2.75) is 25.8 Å². The normalized spacial score (nSPS) is 15.9. The molecule has 0 fully saturated rings. The minimum Gasteiger partial charge on any atom is -0.508 e. The second-order valence-electron chi connectivity index (χ2n) is 6.52. The third kappa shape index (κ3) is 4.12. The van der Waals surface area contributed by atoms with E-state index in [-0.39, 0.29) is 5.75 Å². The van der Waals surface area contributed by atoms with E-state index < -0.39 is 6.41 Å². The summed E-state index contributed by atoms with van der Waals surface area (Å²) in [5.41, 5.74) is 4.15. The fourth-order valence-corrected chi connectivity index (χ4v) is 3.21. The van der Waals surface area contributed by atoms with Crippen molar-refractivity contribution in [2.24, 2.45) is 0 Å².